The average molecular weight is 357 g/mol. The summed E-state index contributed by atoms with van der Waals surface area (Å²) >= 11 is 1.87. The van der Waals surface area contributed by atoms with Crippen LogP contribution in [0.25, 0.3) is 10.1 Å². The van der Waals surface area contributed by atoms with E-state index in [-0.39, 0.29) is 57.5 Å². The maximum atomic E-state index is 3.97. The summed E-state index contributed by atoms with van der Waals surface area (Å²) in [5.41, 5.74) is 0. The fourth-order valence-corrected chi connectivity index (χ4v) is 2.87. The molecule has 19 heavy (non-hydrogen) atoms. The second kappa shape index (κ2) is 13.4. The summed E-state index contributed by atoms with van der Waals surface area (Å²) in [6, 6.07) is 10.8. The second-order valence-corrected chi connectivity index (χ2v) is 4.58. The van der Waals surface area contributed by atoms with E-state index in [1.165, 1.54) is 15.0 Å². The van der Waals surface area contributed by atoms with E-state index < -0.39 is 0 Å². The maximum absolute atomic E-state index is 3.97. The molecule has 0 atom stereocenters. The van der Waals surface area contributed by atoms with Crippen LogP contribution in [0.2, 0.25) is 0 Å². The predicted octanol–water partition coefficient (Wildman–Crippen LogP) is -3.21. The molecule has 0 saturated heterocycles. The first-order valence-electron chi connectivity index (χ1n) is 4.92. The molecule has 106 valence electrons. The molecule has 0 aliphatic heterocycles. The SMILES string of the molecule is O.O.[CH2-]CC(C[CH2-])c1cc2ccccc2s1.[Cl-].[Cl-].[Ti+4]. The van der Waals surface area contributed by atoms with Gasteiger partial charge < -0.3 is 49.6 Å². The fourth-order valence-electron chi connectivity index (χ4n) is 1.63. The zero-order valence-corrected chi connectivity index (χ0v) is 14.3. The van der Waals surface area contributed by atoms with Crippen LogP contribution >= 0.6 is 11.3 Å². The Bertz CT molecular complexity index is 400. The van der Waals surface area contributed by atoms with Crippen LogP contribution in [-0.4, -0.2) is 11.0 Å². The third-order valence-corrected chi connectivity index (χ3v) is 3.82. The summed E-state index contributed by atoms with van der Waals surface area (Å²) in [6.07, 6.45) is 1.88. The topological polar surface area (TPSA) is 63.0 Å². The van der Waals surface area contributed by atoms with Gasteiger partial charge in [-0.05, 0) is 17.5 Å². The molecule has 0 aliphatic rings. The first kappa shape index (κ1) is 27.7. The zero-order chi connectivity index (χ0) is 9.97. The third kappa shape index (κ3) is 6.59. The van der Waals surface area contributed by atoms with E-state index in [2.05, 4.69) is 44.2 Å². The molecule has 4 N–H and O–H groups in total. The van der Waals surface area contributed by atoms with Gasteiger partial charge in [0, 0.05) is 9.58 Å². The molecule has 0 unspecified atom stereocenters. The molecule has 0 bridgehead atoms. The Morgan fingerprint density at radius 2 is 1.53 bits per heavy atom. The monoisotopic (exact) mass is 356 g/mol. The van der Waals surface area contributed by atoms with E-state index in [1.807, 2.05) is 11.3 Å². The Labute approximate surface area is 146 Å². The number of hydrogen-bond donors (Lipinski definition) is 0. The minimum atomic E-state index is 0. The normalized spacial score (nSPS) is 8.37. The van der Waals surface area contributed by atoms with Gasteiger partial charge in [-0.2, -0.15) is 12.8 Å². The molecule has 1 aromatic carbocycles. The molecule has 2 aromatic rings. The molecule has 0 spiro atoms. The molecule has 0 amide bonds. The van der Waals surface area contributed by atoms with Gasteiger partial charge in [0.05, 0.1) is 0 Å². The van der Waals surface area contributed by atoms with Crippen molar-refractivity contribution in [1.82, 2.24) is 0 Å². The summed E-state index contributed by atoms with van der Waals surface area (Å²) in [6.45, 7) is 7.94. The zero-order valence-electron chi connectivity index (χ0n) is 10.5. The Hall–Kier alpha value is 0.394. The third-order valence-electron chi connectivity index (χ3n) is 2.54. The molecule has 0 fully saturated rings. The summed E-state index contributed by atoms with van der Waals surface area (Å²) in [4.78, 5) is 1.43. The second-order valence-electron chi connectivity index (χ2n) is 3.46. The average Bonchev–Trinajstić information content (AvgIpc) is 2.63. The summed E-state index contributed by atoms with van der Waals surface area (Å²) < 4.78 is 1.37. The van der Waals surface area contributed by atoms with E-state index in [1.54, 1.807) is 0 Å². The van der Waals surface area contributed by atoms with Crippen LogP contribution in [0.1, 0.15) is 23.6 Å². The Morgan fingerprint density at radius 1 is 1.00 bits per heavy atom. The van der Waals surface area contributed by atoms with Crippen LogP contribution in [0.5, 0.6) is 0 Å². The van der Waals surface area contributed by atoms with Gasteiger partial charge in [-0.25, -0.2) is 0 Å². The molecule has 6 heteroatoms. The van der Waals surface area contributed by atoms with Gasteiger partial charge >= 0.3 is 21.7 Å². The van der Waals surface area contributed by atoms with E-state index in [9.17, 15) is 0 Å². The minimum absolute atomic E-state index is 0. The van der Waals surface area contributed by atoms with Crippen LogP contribution in [0.3, 0.4) is 0 Å². The van der Waals surface area contributed by atoms with Crippen molar-refractivity contribution in [3.63, 3.8) is 0 Å². The molecule has 2 nitrogen and oxygen atoms in total. The van der Waals surface area contributed by atoms with Crippen LogP contribution in [0.4, 0.5) is 0 Å². The molecule has 2 rings (SSSR count). The summed E-state index contributed by atoms with van der Waals surface area (Å²) in [5.74, 6) is 0.535. The quantitative estimate of drug-likeness (QED) is 0.410. The van der Waals surface area contributed by atoms with Crippen LogP contribution in [-0.2, 0) is 21.7 Å². The van der Waals surface area contributed by atoms with Gasteiger partial charge in [0.25, 0.3) is 0 Å². The number of rotatable bonds is 3. The smallest absolute Gasteiger partial charge is 1.00 e. The van der Waals surface area contributed by atoms with Gasteiger partial charge in [-0.1, -0.05) is 24.1 Å². The van der Waals surface area contributed by atoms with E-state index in [4.69, 9.17) is 0 Å². The molecule has 1 heterocycles. The largest absolute Gasteiger partial charge is 4.00 e. The van der Waals surface area contributed by atoms with Gasteiger partial charge in [0.15, 0.2) is 0 Å². The summed E-state index contributed by atoms with van der Waals surface area (Å²) in [7, 11) is 0. The minimum Gasteiger partial charge on any atom is -1.00 e. The van der Waals surface area contributed by atoms with Crippen molar-refractivity contribution >= 4 is 21.4 Å². The van der Waals surface area contributed by atoms with Crippen molar-refractivity contribution in [3.8, 4) is 0 Å². The Kier molecular flexibility index (Phi) is 19.5. The number of hydrogen-bond acceptors (Lipinski definition) is 1. The van der Waals surface area contributed by atoms with Crippen LogP contribution in [0, 0.1) is 13.8 Å². The van der Waals surface area contributed by atoms with Crippen molar-refractivity contribution in [1.29, 1.82) is 0 Å². The molecular formula is C13H18Cl2O2STi. The molecule has 0 aliphatic carbocycles. The van der Waals surface area contributed by atoms with Crippen molar-refractivity contribution in [3.05, 3.63) is 49.1 Å². The Balaban J connectivity index is -0.000000225. The first-order valence-corrected chi connectivity index (χ1v) is 5.73. The van der Waals surface area contributed by atoms with E-state index in [0.717, 1.165) is 12.8 Å². The number of halogens is 2. The fraction of sp³-hybridized carbons (Fsp3) is 0.231. The molecule has 1 aromatic heterocycles. The van der Waals surface area contributed by atoms with Gasteiger partial charge in [-0.15, -0.1) is 11.3 Å². The van der Waals surface area contributed by atoms with E-state index in [0.29, 0.717) is 5.92 Å². The van der Waals surface area contributed by atoms with Gasteiger partial charge in [0.2, 0.25) is 0 Å². The number of benzene rings is 1. The van der Waals surface area contributed by atoms with Crippen LogP contribution in [0.15, 0.2) is 30.3 Å². The standard InChI is InChI=1S/C13H14S.2ClH.2H2O.Ti/c1-3-10(4-2)13-9-11-7-5-6-8-12(11)14-13;;;;;/h5-10H,1-4H2;2*1H;2*1H2;/q-2;;;;;+4/p-2. The number of fused-ring (bicyclic) bond motifs is 1. The first-order chi connectivity index (χ1) is 6.85. The van der Waals surface area contributed by atoms with Crippen molar-refractivity contribution in [2.75, 3.05) is 0 Å². The van der Waals surface area contributed by atoms with Gasteiger partial charge in [-0.3, -0.25) is 0 Å². The maximum Gasteiger partial charge on any atom is 4.00 e. The molecular weight excluding hydrogens is 339 g/mol. The molecule has 0 radical (unpaired) electrons. The van der Waals surface area contributed by atoms with Crippen molar-refractivity contribution in [2.45, 2.75) is 18.8 Å². The van der Waals surface area contributed by atoms with Crippen molar-refractivity contribution < 1.29 is 57.5 Å². The molecule has 0 saturated carbocycles. The van der Waals surface area contributed by atoms with Crippen LogP contribution < -0.4 is 24.8 Å². The van der Waals surface area contributed by atoms with Gasteiger partial charge in [0.1, 0.15) is 0 Å². The van der Waals surface area contributed by atoms with E-state index >= 15 is 0 Å². The Morgan fingerprint density at radius 3 is 2.00 bits per heavy atom. The predicted molar refractivity (Wildman–Crippen MR) is 71.7 cm³/mol. The summed E-state index contributed by atoms with van der Waals surface area (Å²) in [5, 5.41) is 1.35. The van der Waals surface area contributed by atoms with Crippen molar-refractivity contribution in [2.24, 2.45) is 0 Å². The number of thiophene rings is 1.